The smallest absolute Gasteiger partial charge is 0.167 e. The van der Waals surface area contributed by atoms with Gasteiger partial charge in [0.25, 0.3) is 0 Å². The van der Waals surface area contributed by atoms with E-state index in [1.807, 2.05) is 6.07 Å². The summed E-state index contributed by atoms with van der Waals surface area (Å²) in [5.41, 5.74) is 1.87. The third-order valence-electron chi connectivity index (χ3n) is 1.45. The minimum Gasteiger partial charge on any atom is -0.357 e. The van der Waals surface area contributed by atoms with Crippen LogP contribution >= 0.6 is 0 Å². The fourth-order valence-electron chi connectivity index (χ4n) is 0.957. The first-order chi connectivity index (χ1) is 5.42. The molecule has 52 valence electrons. The molecular formula is C7H4N4. The van der Waals surface area contributed by atoms with Gasteiger partial charge in [0, 0.05) is 6.20 Å². The van der Waals surface area contributed by atoms with Crippen molar-refractivity contribution < 1.29 is 0 Å². The molecule has 4 nitrogen and oxygen atoms in total. The average Bonchev–Trinajstić information content (AvgIpc) is 2.50. The summed E-state index contributed by atoms with van der Waals surface area (Å²) in [5, 5.41) is 8.59. The Bertz CT molecular complexity index is 423. The minimum absolute atomic E-state index is 0.389. The topological polar surface area (TPSA) is 65.4 Å². The molecule has 0 unspecified atom stereocenters. The van der Waals surface area contributed by atoms with Gasteiger partial charge in [-0.15, -0.1) is 0 Å². The maximum Gasteiger partial charge on any atom is 0.167 e. The predicted octanol–water partition coefficient (Wildman–Crippen LogP) is 0.830. The Morgan fingerprint density at radius 2 is 2.36 bits per heavy atom. The quantitative estimate of drug-likeness (QED) is 0.595. The highest BCUT2D eigenvalue weighted by Crippen LogP contribution is 2.09. The lowest BCUT2D eigenvalue weighted by Gasteiger charge is -1.88. The van der Waals surface area contributed by atoms with E-state index in [0.29, 0.717) is 11.2 Å². The Kier molecular flexibility index (Phi) is 1.10. The zero-order valence-electron chi connectivity index (χ0n) is 5.57. The van der Waals surface area contributed by atoms with E-state index >= 15 is 0 Å². The lowest BCUT2D eigenvalue weighted by molar-refractivity contribution is 1.18. The van der Waals surface area contributed by atoms with Gasteiger partial charge in [0.2, 0.25) is 0 Å². The van der Waals surface area contributed by atoms with Gasteiger partial charge >= 0.3 is 0 Å². The standard InChI is InChI=1S/C7H4N4/c8-3-6-7-5(1-2-9-7)10-4-11-6/h1-2,4,9H. The molecule has 11 heavy (non-hydrogen) atoms. The van der Waals surface area contributed by atoms with E-state index in [4.69, 9.17) is 5.26 Å². The Morgan fingerprint density at radius 3 is 3.18 bits per heavy atom. The van der Waals surface area contributed by atoms with Gasteiger partial charge < -0.3 is 4.98 Å². The van der Waals surface area contributed by atoms with Crippen molar-refractivity contribution in [2.24, 2.45) is 0 Å². The zero-order valence-corrected chi connectivity index (χ0v) is 5.57. The first-order valence-electron chi connectivity index (χ1n) is 3.10. The summed E-state index contributed by atoms with van der Waals surface area (Å²) in [6.07, 6.45) is 3.12. The summed E-state index contributed by atoms with van der Waals surface area (Å²) in [4.78, 5) is 10.6. The number of aromatic nitrogens is 3. The molecule has 0 aromatic carbocycles. The van der Waals surface area contributed by atoms with Crippen molar-refractivity contribution in [3.8, 4) is 6.07 Å². The van der Waals surface area contributed by atoms with E-state index < -0.39 is 0 Å². The van der Waals surface area contributed by atoms with Crippen LogP contribution in [0.5, 0.6) is 0 Å². The van der Waals surface area contributed by atoms with Gasteiger partial charge in [0.15, 0.2) is 5.69 Å². The highest BCUT2D eigenvalue weighted by atomic mass is 14.9. The average molecular weight is 144 g/mol. The number of nitrogens with one attached hydrogen (secondary N) is 1. The molecular weight excluding hydrogens is 140 g/mol. The molecule has 0 fully saturated rings. The van der Waals surface area contributed by atoms with Crippen molar-refractivity contribution >= 4 is 11.0 Å². The van der Waals surface area contributed by atoms with Crippen LogP contribution in [0.3, 0.4) is 0 Å². The largest absolute Gasteiger partial charge is 0.357 e. The van der Waals surface area contributed by atoms with E-state index in [-0.39, 0.29) is 0 Å². The van der Waals surface area contributed by atoms with Gasteiger partial charge in [-0.05, 0) is 6.07 Å². The number of hydrogen-bond acceptors (Lipinski definition) is 3. The van der Waals surface area contributed by atoms with Crippen LogP contribution < -0.4 is 0 Å². The second kappa shape index (κ2) is 2.06. The molecule has 4 heteroatoms. The maximum absolute atomic E-state index is 8.59. The number of H-pyrrole nitrogens is 1. The van der Waals surface area contributed by atoms with Crippen molar-refractivity contribution in [1.29, 1.82) is 5.26 Å². The highest BCUT2D eigenvalue weighted by molar-refractivity contribution is 5.78. The van der Waals surface area contributed by atoms with E-state index in [9.17, 15) is 0 Å². The molecule has 0 bridgehead atoms. The summed E-state index contributed by atoms with van der Waals surface area (Å²) in [6.45, 7) is 0. The number of nitriles is 1. The van der Waals surface area contributed by atoms with E-state index in [2.05, 4.69) is 15.0 Å². The number of rotatable bonds is 0. The molecule has 2 rings (SSSR count). The van der Waals surface area contributed by atoms with Crippen molar-refractivity contribution in [3.63, 3.8) is 0 Å². The van der Waals surface area contributed by atoms with Crippen LogP contribution in [-0.2, 0) is 0 Å². The Hall–Kier alpha value is -1.89. The Balaban J connectivity index is 2.92. The van der Waals surface area contributed by atoms with Crippen LogP contribution in [0.15, 0.2) is 18.6 Å². The molecule has 1 N–H and O–H groups in total. The predicted molar refractivity (Wildman–Crippen MR) is 38.6 cm³/mol. The summed E-state index contributed by atoms with van der Waals surface area (Å²) < 4.78 is 0. The van der Waals surface area contributed by atoms with Gasteiger partial charge in [0.1, 0.15) is 17.9 Å². The Morgan fingerprint density at radius 1 is 1.45 bits per heavy atom. The number of hydrogen-bond donors (Lipinski definition) is 1. The third-order valence-corrected chi connectivity index (χ3v) is 1.45. The van der Waals surface area contributed by atoms with Gasteiger partial charge in [0.05, 0.1) is 5.52 Å². The summed E-state index contributed by atoms with van der Waals surface area (Å²) in [6, 6.07) is 3.78. The number of nitrogens with zero attached hydrogens (tertiary/aromatic N) is 3. The molecule has 2 aromatic rings. The van der Waals surface area contributed by atoms with Crippen LogP contribution in [0.25, 0.3) is 11.0 Å². The van der Waals surface area contributed by atoms with Crippen LogP contribution in [0.4, 0.5) is 0 Å². The second-order valence-corrected chi connectivity index (χ2v) is 2.07. The molecule has 0 saturated carbocycles. The molecule has 0 aliphatic carbocycles. The van der Waals surface area contributed by atoms with Gasteiger partial charge in [-0.3, -0.25) is 0 Å². The van der Waals surface area contributed by atoms with Gasteiger partial charge in [-0.2, -0.15) is 5.26 Å². The van der Waals surface area contributed by atoms with Gasteiger partial charge in [-0.25, -0.2) is 9.97 Å². The monoisotopic (exact) mass is 144 g/mol. The SMILES string of the molecule is N#Cc1ncnc2cc[nH]c12. The van der Waals surface area contributed by atoms with Crippen LogP contribution in [0, 0.1) is 11.3 Å². The van der Waals surface area contributed by atoms with E-state index in [1.165, 1.54) is 6.33 Å². The zero-order chi connectivity index (χ0) is 7.68. The van der Waals surface area contributed by atoms with Crippen LogP contribution in [0.2, 0.25) is 0 Å². The first kappa shape index (κ1) is 5.86. The molecule has 0 aliphatic rings. The van der Waals surface area contributed by atoms with Crippen molar-refractivity contribution in [3.05, 3.63) is 24.3 Å². The molecule has 0 spiro atoms. The minimum atomic E-state index is 0.389. The normalized spacial score (nSPS) is 9.73. The number of aromatic amines is 1. The molecule has 0 saturated heterocycles. The van der Waals surface area contributed by atoms with Crippen molar-refractivity contribution in [1.82, 2.24) is 15.0 Å². The lowest BCUT2D eigenvalue weighted by atomic mass is 10.3. The fraction of sp³-hybridized carbons (Fsp3) is 0. The molecule has 0 amide bonds. The van der Waals surface area contributed by atoms with Gasteiger partial charge in [-0.1, -0.05) is 0 Å². The van der Waals surface area contributed by atoms with Crippen molar-refractivity contribution in [2.75, 3.05) is 0 Å². The third kappa shape index (κ3) is 0.749. The molecule has 0 atom stereocenters. The fourth-order valence-corrected chi connectivity index (χ4v) is 0.957. The highest BCUT2D eigenvalue weighted by Gasteiger charge is 2.01. The molecule has 0 aliphatic heterocycles. The van der Waals surface area contributed by atoms with E-state index in [1.54, 1.807) is 12.3 Å². The molecule has 0 radical (unpaired) electrons. The first-order valence-corrected chi connectivity index (χ1v) is 3.10. The van der Waals surface area contributed by atoms with E-state index in [0.717, 1.165) is 5.52 Å². The second-order valence-electron chi connectivity index (χ2n) is 2.07. The van der Waals surface area contributed by atoms with Crippen molar-refractivity contribution in [2.45, 2.75) is 0 Å². The summed E-state index contributed by atoms with van der Waals surface area (Å²) in [7, 11) is 0. The summed E-state index contributed by atoms with van der Waals surface area (Å²) in [5.74, 6) is 0. The molecule has 2 heterocycles. The molecule has 2 aromatic heterocycles. The van der Waals surface area contributed by atoms with Crippen LogP contribution in [0.1, 0.15) is 5.69 Å². The maximum atomic E-state index is 8.59. The Labute approximate surface area is 62.5 Å². The number of fused-ring (bicyclic) bond motifs is 1. The summed E-state index contributed by atoms with van der Waals surface area (Å²) >= 11 is 0. The van der Waals surface area contributed by atoms with Crippen LogP contribution in [-0.4, -0.2) is 15.0 Å². The lowest BCUT2D eigenvalue weighted by Crippen LogP contribution is -1.85.